The van der Waals surface area contributed by atoms with Gasteiger partial charge in [0, 0.05) is 17.3 Å². The highest BCUT2D eigenvalue weighted by atomic mass is 16.5. The van der Waals surface area contributed by atoms with Crippen molar-refractivity contribution >= 4 is 0 Å². The standard InChI is InChI=1S/C22H17N5O/c1-15-12-16(2)27(26-15)20-13-21(28-19-10-8-17(14-23)9-11-19)25-22(24-20)18-6-4-3-5-7-18/h3-13H,1-2H3. The first-order valence-electron chi connectivity index (χ1n) is 8.78. The molecule has 0 aliphatic heterocycles. The third-order valence-corrected chi connectivity index (χ3v) is 4.15. The van der Waals surface area contributed by atoms with Gasteiger partial charge in [-0.05, 0) is 44.2 Å². The van der Waals surface area contributed by atoms with Gasteiger partial charge in [-0.15, -0.1) is 0 Å². The van der Waals surface area contributed by atoms with Crippen LogP contribution in [0.5, 0.6) is 11.6 Å². The normalized spacial score (nSPS) is 10.5. The Bertz CT molecular complexity index is 1160. The summed E-state index contributed by atoms with van der Waals surface area (Å²) in [5.74, 6) is 2.18. The second-order valence-corrected chi connectivity index (χ2v) is 6.33. The maximum atomic E-state index is 8.95. The van der Waals surface area contributed by atoms with Crippen LogP contribution >= 0.6 is 0 Å². The van der Waals surface area contributed by atoms with Crippen molar-refractivity contribution in [3.05, 3.63) is 83.7 Å². The van der Waals surface area contributed by atoms with Gasteiger partial charge < -0.3 is 4.74 Å². The minimum absolute atomic E-state index is 0.404. The molecular weight excluding hydrogens is 350 g/mol. The van der Waals surface area contributed by atoms with Crippen LogP contribution in [0.25, 0.3) is 17.2 Å². The summed E-state index contributed by atoms with van der Waals surface area (Å²) in [7, 11) is 0. The molecule has 0 saturated heterocycles. The topological polar surface area (TPSA) is 76.6 Å². The predicted molar refractivity (Wildman–Crippen MR) is 105 cm³/mol. The lowest BCUT2D eigenvalue weighted by molar-refractivity contribution is 0.461. The molecule has 136 valence electrons. The van der Waals surface area contributed by atoms with Gasteiger partial charge in [-0.2, -0.15) is 15.3 Å². The van der Waals surface area contributed by atoms with Gasteiger partial charge in [0.25, 0.3) is 0 Å². The first kappa shape index (κ1) is 17.4. The second-order valence-electron chi connectivity index (χ2n) is 6.33. The Morgan fingerprint density at radius 3 is 2.32 bits per heavy atom. The van der Waals surface area contributed by atoms with Crippen molar-refractivity contribution in [2.24, 2.45) is 0 Å². The van der Waals surface area contributed by atoms with E-state index in [-0.39, 0.29) is 0 Å². The molecule has 0 unspecified atom stereocenters. The minimum Gasteiger partial charge on any atom is -0.439 e. The summed E-state index contributed by atoms with van der Waals surface area (Å²) in [6, 6.07) is 22.5. The number of nitrogens with zero attached hydrogens (tertiary/aromatic N) is 5. The van der Waals surface area contributed by atoms with E-state index in [1.165, 1.54) is 0 Å². The molecule has 0 amide bonds. The lowest BCUT2D eigenvalue weighted by Gasteiger charge is -2.10. The van der Waals surface area contributed by atoms with E-state index < -0.39 is 0 Å². The lowest BCUT2D eigenvalue weighted by atomic mass is 10.2. The predicted octanol–water partition coefficient (Wildman–Crippen LogP) is 4.61. The molecule has 6 heteroatoms. The molecule has 4 aromatic rings. The van der Waals surface area contributed by atoms with E-state index in [2.05, 4.69) is 21.1 Å². The van der Waals surface area contributed by atoms with E-state index in [1.807, 2.05) is 50.2 Å². The van der Waals surface area contributed by atoms with Crippen molar-refractivity contribution in [1.82, 2.24) is 19.7 Å². The van der Waals surface area contributed by atoms with E-state index in [1.54, 1.807) is 35.0 Å². The summed E-state index contributed by atoms with van der Waals surface area (Å²) >= 11 is 0. The van der Waals surface area contributed by atoms with Gasteiger partial charge in [-0.3, -0.25) is 0 Å². The van der Waals surface area contributed by atoms with Gasteiger partial charge in [0.1, 0.15) is 5.75 Å². The van der Waals surface area contributed by atoms with E-state index >= 15 is 0 Å². The van der Waals surface area contributed by atoms with Gasteiger partial charge in [0.15, 0.2) is 11.6 Å². The summed E-state index contributed by atoms with van der Waals surface area (Å²) in [4.78, 5) is 9.25. The number of ether oxygens (including phenoxy) is 1. The SMILES string of the molecule is Cc1cc(C)n(-c2cc(Oc3ccc(C#N)cc3)nc(-c3ccccc3)n2)n1. The Morgan fingerprint density at radius 2 is 1.68 bits per heavy atom. The van der Waals surface area contributed by atoms with Crippen LogP contribution in [-0.2, 0) is 0 Å². The van der Waals surface area contributed by atoms with Crippen LogP contribution in [0.4, 0.5) is 0 Å². The van der Waals surface area contributed by atoms with E-state index in [9.17, 15) is 0 Å². The monoisotopic (exact) mass is 367 g/mol. The van der Waals surface area contributed by atoms with Gasteiger partial charge in [-0.1, -0.05) is 30.3 Å². The zero-order chi connectivity index (χ0) is 19.5. The number of benzene rings is 2. The maximum absolute atomic E-state index is 8.95. The Labute approximate surface area is 162 Å². The summed E-state index contributed by atoms with van der Waals surface area (Å²) < 4.78 is 7.72. The Hall–Kier alpha value is -3.98. The number of hydrogen-bond acceptors (Lipinski definition) is 5. The molecule has 0 N–H and O–H groups in total. The Morgan fingerprint density at radius 1 is 0.929 bits per heavy atom. The van der Waals surface area contributed by atoms with Crippen molar-refractivity contribution < 1.29 is 4.74 Å². The lowest BCUT2D eigenvalue weighted by Crippen LogP contribution is -2.05. The zero-order valence-corrected chi connectivity index (χ0v) is 15.5. The number of hydrogen-bond donors (Lipinski definition) is 0. The van der Waals surface area contributed by atoms with Gasteiger partial charge in [-0.25, -0.2) is 9.67 Å². The third-order valence-electron chi connectivity index (χ3n) is 4.15. The molecule has 6 nitrogen and oxygen atoms in total. The quantitative estimate of drug-likeness (QED) is 0.526. The maximum Gasteiger partial charge on any atom is 0.225 e. The van der Waals surface area contributed by atoms with Crippen molar-refractivity contribution in [1.29, 1.82) is 5.26 Å². The van der Waals surface area contributed by atoms with Crippen LogP contribution in [0.15, 0.2) is 66.7 Å². The fourth-order valence-corrected chi connectivity index (χ4v) is 2.87. The summed E-state index contributed by atoms with van der Waals surface area (Å²) in [5.41, 5.74) is 3.34. The van der Waals surface area contributed by atoms with Gasteiger partial charge in [0.05, 0.1) is 17.3 Å². The molecule has 4 rings (SSSR count). The van der Waals surface area contributed by atoms with Crippen LogP contribution in [0, 0.1) is 25.2 Å². The highest BCUT2D eigenvalue weighted by Gasteiger charge is 2.12. The molecule has 0 aliphatic carbocycles. The summed E-state index contributed by atoms with van der Waals surface area (Å²) in [6.45, 7) is 3.92. The highest BCUT2D eigenvalue weighted by molar-refractivity contribution is 5.56. The van der Waals surface area contributed by atoms with Gasteiger partial charge >= 0.3 is 0 Å². The molecule has 2 aromatic heterocycles. The molecule has 0 saturated carbocycles. The first-order chi connectivity index (χ1) is 13.6. The smallest absolute Gasteiger partial charge is 0.225 e. The molecule has 0 bridgehead atoms. The van der Waals surface area contributed by atoms with E-state index in [0.29, 0.717) is 28.8 Å². The number of aromatic nitrogens is 4. The van der Waals surface area contributed by atoms with Crippen molar-refractivity contribution in [3.8, 4) is 34.9 Å². The fraction of sp³-hybridized carbons (Fsp3) is 0.0909. The van der Waals surface area contributed by atoms with Crippen molar-refractivity contribution in [2.75, 3.05) is 0 Å². The average Bonchev–Trinajstić information content (AvgIpc) is 3.07. The molecule has 2 heterocycles. The number of rotatable bonds is 4. The van der Waals surface area contributed by atoms with Crippen LogP contribution in [-0.4, -0.2) is 19.7 Å². The molecule has 0 atom stereocenters. The second kappa shape index (κ2) is 7.33. The largest absolute Gasteiger partial charge is 0.439 e. The highest BCUT2D eigenvalue weighted by Crippen LogP contribution is 2.25. The molecule has 0 radical (unpaired) electrons. The molecule has 0 aliphatic rings. The van der Waals surface area contributed by atoms with E-state index in [4.69, 9.17) is 10.00 Å². The summed E-state index contributed by atoms with van der Waals surface area (Å²) in [5, 5.41) is 13.5. The molecule has 0 spiro atoms. The zero-order valence-electron chi connectivity index (χ0n) is 15.5. The van der Waals surface area contributed by atoms with Crippen LogP contribution in [0.2, 0.25) is 0 Å². The first-order valence-corrected chi connectivity index (χ1v) is 8.78. The van der Waals surface area contributed by atoms with E-state index in [0.717, 1.165) is 17.0 Å². The number of aryl methyl sites for hydroxylation is 2. The Balaban J connectivity index is 1.79. The molecule has 2 aromatic carbocycles. The average molecular weight is 367 g/mol. The van der Waals surface area contributed by atoms with Crippen LogP contribution in [0.3, 0.4) is 0 Å². The fourth-order valence-electron chi connectivity index (χ4n) is 2.87. The molecule has 0 fully saturated rings. The summed E-state index contributed by atoms with van der Waals surface area (Å²) in [6.07, 6.45) is 0. The molecular formula is C22H17N5O. The Kier molecular flexibility index (Phi) is 4.56. The van der Waals surface area contributed by atoms with Crippen LogP contribution < -0.4 is 4.74 Å². The number of nitriles is 1. The third kappa shape index (κ3) is 3.60. The molecule has 28 heavy (non-hydrogen) atoms. The van der Waals surface area contributed by atoms with Crippen LogP contribution in [0.1, 0.15) is 17.0 Å². The van der Waals surface area contributed by atoms with Crippen molar-refractivity contribution in [2.45, 2.75) is 13.8 Å². The minimum atomic E-state index is 0.404. The van der Waals surface area contributed by atoms with Crippen molar-refractivity contribution in [3.63, 3.8) is 0 Å². The van der Waals surface area contributed by atoms with Gasteiger partial charge in [0.2, 0.25) is 5.88 Å².